The van der Waals surface area contributed by atoms with Crippen molar-refractivity contribution >= 4 is 39.7 Å². The number of nitrogens with zero attached hydrogens (tertiary/aromatic N) is 4. The molecule has 200 valence electrons. The summed E-state index contributed by atoms with van der Waals surface area (Å²) in [4.78, 5) is 28.7. The molecule has 4 rings (SSSR count). The number of fused-ring (bicyclic) bond motifs is 2. The largest absolute Gasteiger partial charge is 0.493 e. The Morgan fingerprint density at radius 2 is 1.55 bits per heavy atom. The van der Waals surface area contributed by atoms with E-state index in [2.05, 4.69) is 30.0 Å². The van der Waals surface area contributed by atoms with Gasteiger partial charge in [-0.3, -0.25) is 5.32 Å². The van der Waals surface area contributed by atoms with Crippen LogP contribution in [-0.2, 0) is 9.53 Å². The Labute approximate surface area is 213 Å². The summed E-state index contributed by atoms with van der Waals surface area (Å²) >= 11 is 0. The third kappa shape index (κ3) is 5.75. The zero-order valence-corrected chi connectivity index (χ0v) is 20.7. The summed E-state index contributed by atoms with van der Waals surface area (Å²) in [6.07, 6.45) is -5.24. The van der Waals surface area contributed by atoms with Crippen LogP contribution in [0, 0.1) is 6.92 Å². The van der Waals surface area contributed by atoms with E-state index in [0.29, 0.717) is 33.8 Å². The number of halogens is 3. The highest BCUT2D eigenvalue weighted by Crippen LogP contribution is 2.34. The summed E-state index contributed by atoms with van der Waals surface area (Å²) < 4.78 is 64.5. The van der Waals surface area contributed by atoms with Crippen LogP contribution in [0.3, 0.4) is 0 Å². The summed E-state index contributed by atoms with van der Waals surface area (Å²) in [5.74, 6) is -1.98. The van der Waals surface area contributed by atoms with Gasteiger partial charge in [-0.2, -0.15) is 18.2 Å². The van der Waals surface area contributed by atoms with E-state index in [4.69, 9.17) is 18.9 Å². The van der Waals surface area contributed by atoms with Gasteiger partial charge in [-0.1, -0.05) is 0 Å². The van der Waals surface area contributed by atoms with Crippen molar-refractivity contribution in [3.63, 3.8) is 0 Å². The number of rotatable bonds is 9. The van der Waals surface area contributed by atoms with Gasteiger partial charge < -0.3 is 23.7 Å². The molecule has 4 aromatic rings. The minimum Gasteiger partial charge on any atom is -0.493 e. The predicted molar refractivity (Wildman–Crippen MR) is 129 cm³/mol. The molecule has 14 heteroatoms. The molecule has 0 amide bonds. The van der Waals surface area contributed by atoms with Crippen molar-refractivity contribution in [1.82, 2.24) is 19.9 Å². The van der Waals surface area contributed by atoms with E-state index in [9.17, 15) is 18.0 Å². The molecule has 0 aliphatic rings. The summed E-state index contributed by atoms with van der Waals surface area (Å²) in [7, 11) is 4.48. The van der Waals surface area contributed by atoms with Crippen LogP contribution in [0.1, 0.15) is 5.69 Å². The lowest BCUT2D eigenvalue weighted by Gasteiger charge is -2.13. The Morgan fingerprint density at radius 3 is 2.24 bits per heavy atom. The number of methoxy groups -OCH3 is 3. The fourth-order valence-electron chi connectivity index (χ4n) is 3.46. The average Bonchev–Trinajstić information content (AvgIpc) is 2.87. The molecular weight excluding hydrogens is 511 g/mol. The van der Waals surface area contributed by atoms with E-state index in [1.165, 1.54) is 33.5 Å². The molecule has 2 heterocycles. The number of carbonyl (C=O) groups excluding carboxylic acids is 1. The summed E-state index contributed by atoms with van der Waals surface area (Å²) in [6, 6.07) is 7.78. The van der Waals surface area contributed by atoms with Gasteiger partial charge in [-0.25, -0.2) is 19.7 Å². The number of alkyl halides is 3. The minimum absolute atomic E-state index is 0.0236. The Kier molecular flexibility index (Phi) is 7.62. The SMILES string of the molecule is COCCOc1ccc2nc(Nc3nc(C)c4cc(OC)c(OC)cc4n3)nc(OC(=O)C(F)(F)F)c2c1. The highest BCUT2D eigenvalue weighted by molar-refractivity contribution is 5.90. The molecule has 38 heavy (non-hydrogen) atoms. The van der Waals surface area contributed by atoms with Crippen LogP contribution in [-0.4, -0.2) is 66.6 Å². The predicted octanol–water partition coefficient (Wildman–Crippen LogP) is 4.14. The number of hydrogen-bond acceptors (Lipinski definition) is 11. The van der Waals surface area contributed by atoms with Crippen molar-refractivity contribution in [1.29, 1.82) is 0 Å². The van der Waals surface area contributed by atoms with Gasteiger partial charge in [0.15, 0.2) is 11.5 Å². The Morgan fingerprint density at radius 1 is 0.868 bits per heavy atom. The molecule has 0 saturated heterocycles. The molecule has 0 aliphatic heterocycles. The van der Waals surface area contributed by atoms with E-state index in [1.54, 1.807) is 25.1 Å². The molecule has 0 aliphatic carbocycles. The lowest BCUT2D eigenvalue weighted by atomic mass is 10.1. The average molecular weight is 533 g/mol. The first-order valence-electron chi connectivity index (χ1n) is 11.0. The van der Waals surface area contributed by atoms with Crippen molar-refractivity contribution in [2.24, 2.45) is 0 Å². The topological polar surface area (TPSA) is 127 Å². The fourth-order valence-corrected chi connectivity index (χ4v) is 3.46. The van der Waals surface area contributed by atoms with Gasteiger partial charge in [0.1, 0.15) is 12.4 Å². The number of nitrogens with one attached hydrogen (secondary N) is 1. The van der Waals surface area contributed by atoms with Crippen molar-refractivity contribution in [2.45, 2.75) is 13.1 Å². The normalized spacial score (nSPS) is 11.4. The van der Waals surface area contributed by atoms with Crippen molar-refractivity contribution < 1.29 is 41.7 Å². The van der Waals surface area contributed by atoms with Crippen LogP contribution in [0.5, 0.6) is 23.1 Å². The lowest BCUT2D eigenvalue weighted by Crippen LogP contribution is -2.28. The summed E-state index contributed by atoms with van der Waals surface area (Å²) in [6.45, 7) is 2.22. The highest BCUT2D eigenvalue weighted by Gasteiger charge is 2.42. The monoisotopic (exact) mass is 533 g/mol. The second kappa shape index (κ2) is 10.9. The van der Waals surface area contributed by atoms with Gasteiger partial charge in [-0.05, 0) is 31.2 Å². The number of esters is 1. The quantitative estimate of drug-likeness (QED) is 0.246. The standard InChI is InChI=1S/C24H22F3N5O6/c1-12-14-10-18(35-3)19(36-4)11-17(14)30-22(28-12)32-23-29-16-6-5-13(37-8-7-34-2)9-15(16)20(31-23)38-21(33)24(25,26)27/h5-6,9-11H,7-8H2,1-4H3,(H,28,29,30,31,32). The van der Waals surface area contributed by atoms with Crippen LogP contribution >= 0.6 is 0 Å². The lowest BCUT2D eigenvalue weighted by molar-refractivity contribution is -0.189. The molecule has 0 unspecified atom stereocenters. The molecule has 2 aromatic heterocycles. The molecule has 0 spiro atoms. The van der Waals surface area contributed by atoms with Crippen LogP contribution in [0.4, 0.5) is 25.1 Å². The molecule has 0 atom stereocenters. The molecule has 2 aromatic carbocycles. The molecule has 0 fully saturated rings. The van der Waals surface area contributed by atoms with E-state index < -0.39 is 18.0 Å². The Hall–Kier alpha value is -4.46. The van der Waals surface area contributed by atoms with Gasteiger partial charge >= 0.3 is 12.1 Å². The number of carbonyl (C=O) groups is 1. The third-order valence-electron chi connectivity index (χ3n) is 5.22. The van der Waals surface area contributed by atoms with Crippen molar-refractivity contribution in [3.8, 4) is 23.1 Å². The molecular formula is C24H22F3N5O6. The zero-order chi connectivity index (χ0) is 27.4. The molecule has 0 bridgehead atoms. The minimum atomic E-state index is -5.24. The van der Waals surface area contributed by atoms with Gasteiger partial charge in [0.2, 0.25) is 17.8 Å². The number of anilines is 2. The van der Waals surface area contributed by atoms with Gasteiger partial charge in [-0.15, -0.1) is 0 Å². The maximum Gasteiger partial charge on any atom is 0.491 e. The Bertz CT molecular complexity index is 1500. The number of hydrogen-bond donors (Lipinski definition) is 1. The van der Waals surface area contributed by atoms with E-state index in [1.807, 2.05) is 0 Å². The van der Waals surface area contributed by atoms with E-state index >= 15 is 0 Å². The smallest absolute Gasteiger partial charge is 0.491 e. The van der Waals surface area contributed by atoms with Crippen LogP contribution in [0.25, 0.3) is 21.8 Å². The first-order valence-corrected chi connectivity index (χ1v) is 11.0. The molecule has 11 nitrogen and oxygen atoms in total. The summed E-state index contributed by atoms with van der Waals surface area (Å²) in [5, 5.41) is 3.48. The van der Waals surface area contributed by atoms with E-state index in [-0.39, 0.29) is 36.0 Å². The zero-order valence-electron chi connectivity index (χ0n) is 20.7. The maximum atomic E-state index is 13.0. The van der Waals surface area contributed by atoms with Crippen LogP contribution < -0.4 is 24.3 Å². The number of benzene rings is 2. The first-order chi connectivity index (χ1) is 18.1. The van der Waals surface area contributed by atoms with Gasteiger partial charge in [0.05, 0.1) is 42.9 Å². The molecule has 0 saturated carbocycles. The van der Waals surface area contributed by atoms with Gasteiger partial charge in [0.25, 0.3) is 0 Å². The van der Waals surface area contributed by atoms with Crippen LogP contribution in [0.15, 0.2) is 30.3 Å². The Balaban J connectivity index is 1.75. The fraction of sp³-hybridized carbons (Fsp3) is 0.292. The number of ether oxygens (including phenoxy) is 5. The van der Waals surface area contributed by atoms with Crippen LogP contribution in [0.2, 0.25) is 0 Å². The number of aryl methyl sites for hydroxylation is 1. The second-order valence-electron chi connectivity index (χ2n) is 7.74. The summed E-state index contributed by atoms with van der Waals surface area (Å²) in [5.41, 5.74) is 1.25. The van der Waals surface area contributed by atoms with E-state index in [0.717, 1.165) is 0 Å². The van der Waals surface area contributed by atoms with Crippen molar-refractivity contribution in [2.75, 3.05) is 39.9 Å². The van der Waals surface area contributed by atoms with Crippen molar-refractivity contribution in [3.05, 3.63) is 36.0 Å². The third-order valence-corrected chi connectivity index (χ3v) is 5.22. The molecule has 0 radical (unpaired) electrons. The first kappa shape index (κ1) is 26.6. The molecule has 1 N–H and O–H groups in total. The van der Waals surface area contributed by atoms with Gasteiger partial charge in [0, 0.05) is 18.6 Å². The highest BCUT2D eigenvalue weighted by atomic mass is 19.4. The maximum absolute atomic E-state index is 13.0. The number of aromatic nitrogens is 4. The second-order valence-corrected chi connectivity index (χ2v) is 7.74.